The molecule has 1 aliphatic heterocycles. The first-order valence-electron chi connectivity index (χ1n) is 10.8. The molecule has 2 heterocycles. The lowest BCUT2D eigenvalue weighted by Gasteiger charge is -2.32. The van der Waals surface area contributed by atoms with E-state index in [-0.39, 0.29) is 11.8 Å². The largest absolute Gasteiger partial charge is 0.357 e. The summed E-state index contributed by atoms with van der Waals surface area (Å²) < 4.78 is 13.2. The fourth-order valence-electron chi connectivity index (χ4n) is 3.89. The van der Waals surface area contributed by atoms with Gasteiger partial charge in [0, 0.05) is 32.2 Å². The molecule has 2 N–H and O–H groups in total. The smallest absolute Gasteiger partial charge is 0.230 e. The van der Waals surface area contributed by atoms with Crippen LogP contribution in [0.3, 0.4) is 0 Å². The van der Waals surface area contributed by atoms with Crippen molar-refractivity contribution in [3.63, 3.8) is 0 Å². The maximum atomic E-state index is 13.2. The molecule has 3 aromatic rings. The average Bonchev–Trinajstić information content (AvgIpc) is 2.87. The van der Waals surface area contributed by atoms with E-state index in [1.165, 1.54) is 0 Å². The third-order valence-electron chi connectivity index (χ3n) is 5.67. The van der Waals surface area contributed by atoms with E-state index >= 15 is 0 Å². The molecular formula is C24H27FN6O. The molecule has 0 saturated carbocycles. The van der Waals surface area contributed by atoms with Crippen molar-refractivity contribution >= 4 is 17.8 Å². The van der Waals surface area contributed by atoms with Crippen molar-refractivity contribution in [1.82, 2.24) is 20.3 Å². The maximum Gasteiger partial charge on any atom is 0.230 e. The number of alkyl halides is 1. The lowest BCUT2D eigenvalue weighted by molar-refractivity contribution is -0.125. The van der Waals surface area contributed by atoms with Gasteiger partial charge in [0.1, 0.15) is 6.67 Å². The first-order chi connectivity index (χ1) is 15.7. The van der Waals surface area contributed by atoms with E-state index in [4.69, 9.17) is 0 Å². The van der Waals surface area contributed by atoms with Crippen LogP contribution in [0.15, 0.2) is 54.6 Å². The number of carbonyl (C=O) groups is 1. The Labute approximate surface area is 187 Å². The molecular weight excluding hydrogens is 407 g/mol. The number of halogens is 1. The first-order valence-corrected chi connectivity index (χ1v) is 10.8. The van der Waals surface area contributed by atoms with Gasteiger partial charge >= 0.3 is 0 Å². The molecule has 7 nitrogen and oxygen atoms in total. The van der Waals surface area contributed by atoms with Crippen molar-refractivity contribution in [3.8, 4) is 11.4 Å². The van der Waals surface area contributed by atoms with Crippen LogP contribution in [0.1, 0.15) is 24.0 Å². The number of nitrogens with zero attached hydrogens (tertiary/aromatic N) is 4. The predicted molar refractivity (Wildman–Crippen MR) is 123 cm³/mol. The fraction of sp³-hybridized carbons (Fsp3) is 0.333. The van der Waals surface area contributed by atoms with Crippen molar-refractivity contribution in [2.45, 2.75) is 26.1 Å². The Kier molecular flexibility index (Phi) is 6.89. The van der Waals surface area contributed by atoms with Crippen LogP contribution in [-0.4, -0.2) is 41.0 Å². The van der Waals surface area contributed by atoms with E-state index in [2.05, 4.69) is 25.6 Å². The molecule has 1 atom stereocenters. The van der Waals surface area contributed by atoms with Crippen LogP contribution in [0.5, 0.6) is 0 Å². The van der Waals surface area contributed by atoms with Crippen LogP contribution >= 0.6 is 0 Å². The van der Waals surface area contributed by atoms with Crippen LogP contribution in [0.4, 0.5) is 16.3 Å². The Morgan fingerprint density at radius 2 is 1.81 bits per heavy atom. The second-order valence-corrected chi connectivity index (χ2v) is 7.80. The van der Waals surface area contributed by atoms with E-state index in [0.717, 1.165) is 30.5 Å². The van der Waals surface area contributed by atoms with Crippen LogP contribution in [-0.2, 0) is 18.0 Å². The summed E-state index contributed by atoms with van der Waals surface area (Å²) in [5, 5.41) is 5.98. The summed E-state index contributed by atoms with van der Waals surface area (Å²) in [6.07, 6.45) is 1.66. The number of carbonyl (C=O) groups excluding carboxylic acids is 1. The molecule has 32 heavy (non-hydrogen) atoms. The van der Waals surface area contributed by atoms with E-state index in [0.29, 0.717) is 36.4 Å². The monoisotopic (exact) mass is 434 g/mol. The third kappa shape index (κ3) is 5.01. The van der Waals surface area contributed by atoms with E-state index in [1.807, 2.05) is 47.4 Å². The first kappa shape index (κ1) is 21.7. The summed E-state index contributed by atoms with van der Waals surface area (Å²) >= 11 is 0. The molecule has 0 radical (unpaired) electrons. The van der Waals surface area contributed by atoms with Crippen molar-refractivity contribution < 1.29 is 9.18 Å². The summed E-state index contributed by atoms with van der Waals surface area (Å²) in [6.45, 7) is 1.08. The Bertz CT molecular complexity index is 1060. The Balaban J connectivity index is 1.47. The number of amides is 1. The third-order valence-corrected chi connectivity index (χ3v) is 5.67. The fourth-order valence-corrected chi connectivity index (χ4v) is 3.89. The molecule has 1 saturated heterocycles. The molecule has 8 heteroatoms. The molecule has 0 aliphatic carbocycles. The van der Waals surface area contributed by atoms with Crippen molar-refractivity contribution in [2.24, 2.45) is 5.92 Å². The topological polar surface area (TPSA) is 83.0 Å². The second kappa shape index (κ2) is 10.2. The van der Waals surface area contributed by atoms with Crippen LogP contribution in [0, 0.1) is 5.92 Å². The van der Waals surface area contributed by atoms with E-state index in [9.17, 15) is 9.18 Å². The van der Waals surface area contributed by atoms with Gasteiger partial charge in [-0.1, -0.05) is 54.6 Å². The molecule has 1 unspecified atom stereocenters. The maximum absolute atomic E-state index is 13.2. The van der Waals surface area contributed by atoms with E-state index in [1.54, 1.807) is 19.2 Å². The van der Waals surface area contributed by atoms with E-state index < -0.39 is 6.67 Å². The number of rotatable bonds is 7. The van der Waals surface area contributed by atoms with Gasteiger partial charge in [-0.05, 0) is 24.0 Å². The highest BCUT2D eigenvalue weighted by Gasteiger charge is 2.28. The van der Waals surface area contributed by atoms with Crippen molar-refractivity contribution in [2.75, 3.05) is 30.4 Å². The summed E-state index contributed by atoms with van der Waals surface area (Å²) in [6, 6.07) is 17.0. The SMILES string of the molecule is CNc1nc(-c2ccccc2)nc(N2CCCC(C(=O)NCc3ccccc3CF)C2)n1. The minimum atomic E-state index is -0.541. The van der Waals surface area contributed by atoms with Gasteiger partial charge in [0.05, 0.1) is 5.92 Å². The van der Waals surface area contributed by atoms with Crippen LogP contribution in [0.25, 0.3) is 11.4 Å². The minimum absolute atomic E-state index is 0.0328. The van der Waals surface area contributed by atoms with Gasteiger partial charge in [0.15, 0.2) is 5.82 Å². The highest BCUT2D eigenvalue weighted by atomic mass is 19.1. The number of nitrogens with one attached hydrogen (secondary N) is 2. The Morgan fingerprint density at radius 1 is 1.06 bits per heavy atom. The van der Waals surface area contributed by atoms with Crippen LogP contribution in [0.2, 0.25) is 0 Å². The van der Waals surface area contributed by atoms with Gasteiger partial charge in [-0.15, -0.1) is 0 Å². The van der Waals surface area contributed by atoms with Crippen LogP contribution < -0.4 is 15.5 Å². The Morgan fingerprint density at radius 3 is 2.56 bits per heavy atom. The molecule has 1 aliphatic rings. The molecule has 0 bridgehead atoms. The highest BCUT2D eigenvalue weighted by molar-refractivity contribution is 5.79. The van der Waals surface area contributed by atoms with Crippen molar-refractivity contribution in [3.05, 3.63) is 65.7 Å². The molecule has 0 spiro atoms. The summed E-state index contributed by atoms with van der Waals surface area (Å²) in [7, 11) is 1.77. The zero-order chi connectivity index (χ0) is 22.3. The summed E-state index contributed by atoms with van der Waals surface area (Å²) in [4.78, 5) is 28.6. The summed E-state index contributed by atoms with van der Waals surface area (Å²) in [5.41, 5.74) is 2.32. The second-order valence-electron chi connectivity index (χ2n) is 7.80. The minimum Gasteiger partial charge on any atom is -0.357 e. The van der Waals surface area contributed by atoms with Gasteiger partial charge in [0.25, 0.3) is 0 Å². The number of hydrogen-bond donors (Lipinski definition) is 2. The van der Waals surface area contributed by atoms with Gasteiger partial charge < -0.3 is 15.5 Å². The lowest BCUT2D eigenvalue weighted by atomic mass is 9.97. The zero-order valence-electron chi connectivity index (χ0n) is 18.1. The van der Waals surface area contributed by atoms with Gasteiger partial charge in [-0.3, -0.25) is 4.79 Å². The number of benzene rings is 2. The van der Waals surface area contributed by atoms with Crippen molar-refractivity contribution in [1.29, 1.82) is 0 Å². The Hall–Kier alpha value is -3.55. The zero-order valence-corrected chi connectivity index (χ0v) is 18.1. The average molecular weight is 435 g/mol. The lowest BCUT2D eigenvalue weighted by Crippen LogP contribution is -2.43. The number of anilines is 2. The molecule has 2 aromatic carbocycles. The van der Waals surface area contributed by atoms with Gasteiger partial charge in [-0.2, -0.15) is 15.0 Å². The molecule has 166 valence electrons. The number of piperidine rings is 1. The van der Waals surface area contributed by atoms with Gasteiger partial charge in [0.2, 0.25) is 17.8 Å². The molecule has 1 fully saturated rings. The quantitative estimate of drug-likeness (QED) is 0.591. The standard InChI is InChI=1S/C24H27FN6O/c1-26-23-28-21(17-8-3-2-4-9-17)29-24(30-23)31-13-7-12-20(16-31)22(32)27-15-19-11-6-5-10-18(19)14-25/h2-6,8-11,20H,7,12-16H2,1H3,(H,27,32)(H,26,28,29,30). The number of hydrogen-bond acceptors (Lipinski definition) is 6. The highest BCUT2D eigenvalue weighted by Crippen LogP contribution is 2.24. The van der Waals surface area contributed by atoms with Gasteiger partial charge in [-0.25, -0.2) is 4.39 Å². The molecule has 4 rings (SSSR count). The molecule has 1 amide bonds. The number of aromatic nitrogens is 3. The molecule has 1 aromatic heterocycles. The predicted octanol–water partition coefficient (Wildman–Crippen LogP) is 3.58. The summed E-state index contributed by atoms with van der Waals surface area (Å²) in [5.74, 6) is 1.42. The normalized spacial score (nSPS) is 15.9.